The van der Waals surface area contributed by atoms with Gasteiger partial charge in [-0.15, -0.1) is 0 Å². The summed E-state index contributed by atoms with van der Waals surface area (Å²) in [5.74, 6) is 3.03. The molecule has 52 valence electrons. The second-order valence-corrected chi connectivity index (χ2v) is 3.04. The lowest BCUT2D eigenvalue weighted by Gasteiger charge is -1.97. The predicted octanol–water partition coefficient (Wildman–Crippen LogP) is 1.17. The predicted molar refractivity (Wildman–Crippen MR) is 41.3 cm³/mol. The van der Waals surface area contributed by atoms with Crippen LogP contribution in [-0.2, 0) is 4.74 Å². The molecule has 0 aromatic carbocycles. The van der Waals surface area contributed by atoms with E-state index in [4.69, 9.17) is 4.74 Å². The fourth-order valence-electron chi connectivity index (χ4n) is 0.656. The zero-order valence-corrected chi connectivity index (χ0v) is 6.41. The zero-order chi connectivity index (χ0) is 6.53. The quantitative estimate of drug-likeness (QED) is 0.594. The van der Waals surface area contributed by atoms with Crippen LogP contribution in [0, 0.1) is 0 Å². The lowest BCUT2D eigenvalue weighted by molar-refractivity contribution is 0.346. The monoisotopic (exact) mass is 145 g/mol. The van der Waals surface area contributed by atoms with E-state index < -0.39 is 0 Å². The van der Waals surface area contributed by atoms with Gasteiger partial charge in [0, 0.05) is 0 Å². The highest BCUT2D eigenvalue weighted by molar-refractivity contribution is 7.99. The van der Waals surface area contributed by atoms with E-state index in [-0.39, 0.29) is 0 Å². The SMILES string of the molecule is CCSCC1=NCCO1. The standard InChI is InChI=1S/C6H11NOS/c1-2-9-5-6-7-3-4-8-6/h2-5H2,1H3. The van der Waals surface area contributed by atoms with Crippen molar-refractivity contribution in [3.63, 3.8) is 0 Å². The molecule has 0 aromatic heterocycles. The third-order valence-electron chi connectivity index (χ3n) is 1.08. The Balaban J connectivity index is 2.11. The number of aliphatic imine (C=N–C) groups is 1. The van der Waals surface area contributed by atoms with Crippen molar-refractivity contribution in [2.24, 2.45) is 4.99 Å². The molecule has 0 amide bonds. The molecule has 1 heterocycles. The summed E-state index contributed by atoms with van der Waals surface area (Å²) in [5.41, 5.74) is 0. The molecule has 0 radical (unpaired) electrons. The first-order valence-electron chi connectivity index (χ1n) is 3.17. The maximum Gasteiger partial charge on any atom is 0.193 e. The van der Waals surface area contributed by atoms with Crippen molar-refractivity contribution in [1.82, 2.24) is 0 Å². The largest absolute Gasteiger partial charge is 0.478 e. The molecular weight excluding hydrogens is 134 g/mol. The molecule has 0 atom stereocenters. The van der Waals surface area contributed by atoms with Gasteiger partial charge in [-0.25, -0.2) is 0 Å². The molecule has 0 fully saturated rings. The molecule has 0 bridgehead atoms. The summed E-state index contributed by atoms with van der Waals surface area (Å²) in [4.78, 5) is 4.15. The van der Waals surface area contributed by atoms with Gasteiger partial charge < -0.3 is 4.74 Å². The number of thioether (sulfide) groups is 1. The molecule has 0 aromatic rings. The second-order valence-electron chi connectivity index (χ2n) is 1.76. The van der Waals surface area contributed by atoms with E-state index >= 15 is 0 Å². The maximum atomic E-state index is 5.18. The normalized spacial score (nSPS) is 17.2. The second kappa shape index (κ2) is 3.77. The first kappa shape index (κ1) is 6.93. The molecule has 1 aliphatic heterocycles. The van der Waals surface area contributed by atoms with Crippen LogP contribution in [0.25, 0.3) is 0 Å². The number of ether oxygens (including phenoxy) is 1. The summed E-state index contributed by atoms with van der Waals surface area (Å²) < 4.78 is 5.18. The molecule has 0 N–H and O–H groups in total. The maximum absolute atomic E-state index is 5.18. The first-order chi connectivity index (χ1) is 4.43. The van der Waals surface area contributed by atoms with E-state index in [1.54, 1.807) is 0 Å². The van der Waals surface area contributed by atoms with Crippen LogP contribution in [0.2, 0.25) is 0 Å². The summed E-state index contributed by atoms with van der Waals surface area (Å²) in [6, 6.07) is 0. The lowest BCUT2D eigenvalue weighted by atomic mass is 10.7. The Bertz CT molecular complexity index is 114. The fourth-order valence-corrected chi connectivity index (χ4v) is 1.21. The van der Waals surface area contributed by atoms with Crippen LogP contribution in [0.1, 0.15) is 6.92 Å². The van der Waals surface area contributed by atoms with Gasteiger partial charge in [0.1, 0.15) is 6.61 Å². The van der Waals surface area contributed by atoms with Crippen LogP contribution in [0.5, 0.6) is 0 Å². The van der Waals surface area contributed by atoms with E-state index in [2.05, 4.69) is 11.9 Å². The van der Waals surface area contributed by atoms with Gasteiger partial charge in [0.2, 0.25) is 0 Å². The Morgan fingerprint density at radius 3 is 3.22 bits per heavy atom. The smallest absolute Gasteiger partial charge is 0.193 e. The van der Waals surface area contributed by atoms with Crippen LogP contribution in [0.15, 0.2) is 4.99 Å². The van der Waals surface area contributed by atoms with E-state index in [0.29, 0.717) is 0 Å². The minimum absolute atomic E-state index is 0.791. The third-order valence-corrected chi connectivity index (χ3v) is 1.94. The van der Waals surface area contributed by atoms with Crippen LogP contribution in [0.3, 0.4) is 0 Å². The minimum Gasteiger partial charge on any atom is -0.478 e. The highest BCUT2D eigenvalue weighted by Gasteiger charge is 2.04. The summed E-state index contributed by atoms with van der Waals surface area (Å²) in [5, 5.41) is 0. The highest BCUT2D eigenvalue weighted by atomic mass is 32.2. The van der Waals surface area contributed by atoms with Crippen molar-refractivity contribution in [2.45, 2.75) is 6.92 Å². The average molecular weight is 145 g/mol. The van der Waals surface area contributed by atoms with Gasteiger partial charge >= 0.3 is 0 Å². The molecule has 0 spiro atoms. The topological polar surface area (TPSA) is 21.6 Å². The fraction of sp³-hybridized carbons (Fsp3) is 0.833. The summed E-state index contributed by atoms with van der Waals surface area (Å²) in [6.07, 6.45) is 0. The first-order valence-corrected chi connectivity index (χ1v) is 4.33. The van der Waals surface area contributed by atoms with Crippen LogP contribution in [0.4, 0.5) is 0 Å². The Morgan fingerprint density at radius 1 is 1.78 bits per heavy atom. The summed E-state index contributed by atoms with van der Waals surface area (Å²) in [6.45, 7) is 3.79. The molecule has 0 unspecified atom stereocenters. The van der Waals surface area contributed by atoms with Crippen molar-refractivity contribution in [1.29, 1.82) is 0 Å². The van der Waals surface area contributed by atoms with Crippen molar-refractivity contribution in [3.05, 3.63) is 0 Å². The highest BCUT2D eigenvalue weighted by Crippen LogP contribution is 2.03. The van der Waals surface area contributed by atoms with Crippen molar-refractivity contribution >= 4 is 17.7 Å². The third kappa shape index (κ3) is 2.26. The Hall–Kier alpha value is -0.180. The molecule has 9 heavy (non-hydrogen) atoms. The molecule has 3 heteroatoms. The molecule has 0 saturated heterocycles. The minimum atomic E-state index is 0.791. The molecular formula is C6H11NOS. The van der Waals surface area contributed by atoms with Crippen LogP contribution >= 0.6 is 11.8 Å². The van der Waals surface area contributed by atoms with Crippen molar-refractivity contribution in [2.75, 3.05) is 24.7 Å². The van der Waals surface area contributed by atoms with Crippen LogP contribution < -0.4 is 0 Å². The van der Waals surface area contributed by atoms with Crippen molar-refractivity contribution in [3.8, 4) is 0 Å². The van der Waals surface area contributed by atoms with E-state index in [0.717, 1.165) is 30.6 Å². The van der Waals surface area contributed by atoms with Gasteiger partial charge in [0.05, 0.1) is 12.3 Å². The van der Waals surface area contributed by atoms with E-state index in [1.165, 1.54) is 0 Å². The number of nitrogens with zero attached hydrogens (tertiary/aromatic N) is 1. The molecule has 1 rings (SSSR count). The average Bonchev–Trinajstić information content (AvgIpc) is 2.34. The lowest BCUT2D eigenvalue weighted by Crippen LogP contribution is -2.01. The number of rotatable bonds is 3. The Morgan fingerprint density at radius 2 is 2.67 bits per heavy atom. The molecule has 0 saturated carbocycles. The molecule has 1 aliphatic rings. The number of hydrogen-bond acceptors (Lipinski definition) is 3. The Kier molecular flexibility index (Phi) is 2.91. The summed E-state index contributed by atoms with van der Waals surface area (Å²) in [7, 11) is 0. The zero-order valence-electron chi connectivity index (χ0n) is 5.59. The van der Waals surface area contributed by atoms with Gasteiger partial charge in [-0.1, -0.05) is 6.92 Å². The van der Waals surface area contributed by atoms with Gasteiger partial charge in [0.25, 0.3) is 0 Å². The molecule has 2 nitrogen and oxygen atoms in total. The molecule has 0 aliphatic carbocycles. The van der Waals surface area contributed by atoms with Gasteiger partial charge in [0.15, 0.2) is 5.90 Å². The van der Waals surface area contributed by atoms with Gasteiger partial charge in [-0.2, -0.15) is 11.8 Å². The van der Waals surface area contributed by atoms with E-state index in [1.807, 2.05) is 11.8 Å². The Labute approximate surface area is 59.7 Å². The van der Waals surface area contributed by atoms with E-state index in [9.17, 15) is 0 Å². The number of hydrogen-bond donors (Lipinski definition) is 0. The van der Waals surface area contributed by atoms with Crippen molar-refractivity contribution < 1.29 is 4.74 Å². The van der Waals surface area contributed by atoms with Crippen LogP contribution in [-0.4, -0.2) is 30.6 Å². The van der Waals surface area contributed by atoms with Gasteiger partial charge in [-0.05, 0) is 5.75 Å². The summed E-state index contributed by atoms with van der Waals surface area (Å²) >= 11 is 1.85. The van der Waals surface area contributed by atoms with Gasteiger partial charge in [-0.3, -0.25) is 4.99 Å².